The van der Waals surface area contributed by atoms with Crippen molar-refractivity contribution >= 4 is 52.6 Å². The Morgan fingerprint density at radius 2 is 1.93 bits per heavy atom. The molecule has 1 heterocycles. The summed E-state index contributed by atoms with van der Waals surface area (Å²) in [6.45, 7) is -0.480. The summed E-state index contributed by atoms with van der Waals surface area (Å²) >= 11 is 17.6. The van der Waals surface area contributed by atoms with Crippen LogP contribution in [0.3, 0.4) is 0 Å². The Kier molecular flexibility index (Phi) is 6.94. The molecular formula is C19H12Cl3N3O5. The molecule has 3 rings (SSSR count). The molecular weight excluding hydrogens is 457 g/mol. The van der Waals surface area contributed by atoms with E-state index in [0.717, 1.165) is 11.6 Å². The highest BCUT2D eigenvalue weighted by Gasteiger charge is 2.16. The minimum Gasteiger partial charge on any atom is -0.477 e. The number of halogens is 3. The lowest BCUT2D eigenvalue weighted by atomic mass is 10.2. The molecule has 30 heavy (non-hydrogen) atoms. The quantitative estimate of drug-likeness (QED) is 0.286. The van der Waals surface area contributed by atoms with Crippen LogP contribution >= 0.6 is 34.8 Å². The second-order valence-corrected chi connectivity index (χ2v) is 7.03. The van der Waals surface area contributed by atoms with Crippen LogP contribution in [0.15, 0.2) is 58.0 Å². The van der Waals surface area contributed by atoms with Crippen LogP contribution in [0.4, 0.5) is 5.69 Å². The van der Waals surface area contributed by atoms with E-state index in [1.807, 2.05) is 0 Å². The average Bonchev–Trinajstić information content (AvgIpc) is 3.18. The maximum atomic E-state index is 11.8. The highest BCUT2D eigenvalue weighted by atomic mass is 35.5. The number of nitrogens with zero attached hydrogens (tertiary/aromatic N) is 2. The molecule has 0 radical (unpaired) electrons. The van der Waals surface area contributed by atoms with Crippen molar-refractivity contribution in [2.75, 3.05) is 6.61 Å². The van der Waals surface area contributed by atoms with Gasteiger partial charge < -0.3 is 9.15 Å². The van der Waals surface area contributed by atoms with E-state index in [9.17, 15) is 14.9 Å². The number of hydrazone groups is 1. The number of carbonyl (C=O) groups is 1. The Morgan fingerprint density at radius 3 is 2.67 bits per heavy atom. The summed E-state index contributed by atoms with van der Waals surface area (Å²) in [6, 6.07) is 12.3. The number of hydrogen-bond donors (Lipinski definition) is 1. The zero-order valence-corrected chi connectivity index (χ0v) is 17.2. The van der Waals surface area contributed by atoms with Crippen molar-refractivity contribution in [3.05, 3.63) is 79.5 Å². The molecule has 154 valence electrons. The van der Waals surface area contributed by atoms with Gasteiger partial charge in [0.15, 0.2) is 12.4 Å². The first-order valence-corrected chi connectivity index (χ1v) is 9.41. The van der Waals surface area contributed by atoms with Crippen LogP contribution in [0.5, 0.6) is 5.75 Å². The predicted octanol–water partition coefficient (Wildman–Crippen LogP) is 5.34. The molecule has 0 aliphatic heterocycles. The number of carbonyl (C=O) groups excluding carboxylic acids is 1. The summed E-state index contributed by atoms with van der Waals surface area (Å²) in [7, 11) is 0. The van der Waals surface area contributed by atoms with Gasteiger partial charge in [-0.25, -0.2) is 5.43 Å². The normalized spacial score (nSPS) is 10.9. The van der Waals surface area contributed by atoms with Crippen molar-refractivity contribution in [2.24, 2.45) is 5.10 Å². The summed E-state index contributed by atoms with van der Waals surface area (Å²) in [4.78, 5) is 22.2. The van der Waals surface area contributed by atoms with Crippen LogP contribution in [0, 0.1) is 10.1 Å². The summed E-state index contributed by atoms with van der Waals surface area (Å²) in [5.74, 6) is 0.220. The molecule has 8 nitrogen and oxygen atoms in total. The van der Waals surface area contributed by atoms with Crippen molar-refractivity contribution in [1.82, 2.24) is 5.43 Å². The number of amides is 1. The van der Waals surface area contributed by atoms with E-state index in [0.29, 0.717) is 21.6 Å². The van der Waals surface area contributed by atoms with Gasteiger partial charge in [-0.1, -0.05) is 34.8 Å². The standard InChI is InChI=1S/C19H12Cl3N3O5/c20-12-2-5-18(16(8-12)25(27)28)29-10-19(26)24-23-9-13-3-6-17(30-13)11-1-4-14(21)15(22)7-11/h1-9H,10H2,(H,24,26). The molecule has 0 aliphatic rings. The molecule has 1 amide bonds. The summed E-state index contributed by atoms with van der Waals surface area (Å²) < 4.78 is 10.8. The number of nitro benzene ring substituents is 1. The lowest BCUT2D eigenvalue weighted by molar-refractivity contribution is -0.385. The van der Waals surface area contributed by atoms with Crippen LogP contribution in [0.25, 0.3) is 11.3 Å². The van der Waals surface area contributed by atoms with E-state index < -0.39 is 17.4 Å². The minimum atomic E-state index is -0.653. The van der Waals surface area contributed by atoms with E-state index in [1.165, 1.54) is 18.3 Å². The molecule has 0 fully saturated rings. The zero-order chi connectivity index (χ0) is 21.7. The monoisotopic (exact) mass is 467 g/mol. The summed E-state index contributed by atoms with van der Waals surface area (Å²) in [5, 5.41) is 15.8. The highest BCUT2D eigenvalue weighted by Crippen LogP contribution is 2.30. The van der Waals surface area contributed by atoms with Gasteiger partial charge in [0.05, 0.1) is 21.2 Å². The van der Waals surface area contributed by atoms with Crippen LogP contribution in [-0.2, 0) is 4.79 Å². The lowest BCUT2D eigenvalue weighted by Crippen LogP contribution is -2.24. The highest BCUT2D eigenvalue weighted by molar-refractivity contribution is 6.42. The molecule has 0 saturated carbocycles. The zero-order valence-electron chi connectivity index (χ0n) is 15.0. The Labute approximate surface area is 185 Å². The third-order valence-corrected chi connectivity index (χ3v) is 4.66. The third-order valence-electron chi connectivity index (χ3n) is 3.69. The molecule has 1 aromatic heterocycles. The Hall–Kier alpha value is -3.07. The van der Waals surface area contributed by atoms with E-state index in [-0.39, 0.29) is 16.5 Å². The fourth-order valence-electron chi connectivity index (χ4n) is 2.33. The maximum Gasteiger partial charge on any atom is 0.312 e. The molecule has 11 heteroatoms. The van der Waals surface area contributed by atoms with E-state index in [4.69, 9.17) is 44.0 Å². The SMILES string of the molecule is O=C(COc1ccc(Cl)cc1[N+](=O)[O-])NN=Cc1ccc(-c2ccc(Cl)c(Cl)c2)o1. The van der Waals surface area contributed by atoms with Crippen molar-refractivity contribution < 1.29 is 18.9 Å². The van der Waals surface area contributed by atoms with Gasteiger partial charge in [0.2, 0.25) is 0 Å². The van der Waals surface area contributed by atoms with Gasteiger partial charge >= 0.3 is 5.69 Å². The Bertz CT molecular complexity index is 1130. The first kappa shape index (κ1) is 21.6. The first-order valence-electron chi connectivity index (χ1n) is 8.27. The molecule has 0 unspecified atom stereocenters. The number of furan rings is 1. The van der Waals surface area contributed by atoms with Gasteiger partial charge in [0.25, 0.3) is 5.91 Å². The van der Waals surface area contributed by atoms with Crippen LogP contribution in [0.2, 0.25) is 15.1 Å². The van der Waals surface area contributed by atoms with Crippen LogP contribution < -0.4 is 10.2 Å². The van der Waals surface area contributed by atoms with Gasteiger partial charge in [-0.2, -0.15) is 5.10 Å². The van der Waals surface area contributed by atoms with E-state index >= 15 is 0 Å². The van der Waals surface area contributed by atoms with Crippen molar-refractivity contribution in [2.45, 2.75) is 0 Å². The van der Waals surface area contributed by atoms with Gasteiger partial charge in [-0.3, -0.25) is 14.9 Å². The molecule has 1 N–H and O–H groups in total. The van der Waals surface area contributed by atoms with Gasteiger partial charge in [0, 0.05) is 16.7 Å². The molecule has 0 spiro atoms. The number of rotatable bonds is 7. The third kappa shape index (κ3) is 5.50. The minimum absolute atomic E-state index is 0.0826. The van der Waals surface area contributed by atoms with Crippen LogP contribution in [0.1, 0.15) is 5.76 Å². The first-order chi connectivity index (χ1) is 14.3. The molecule has 0 bridgehead atoms. The number of benzene rings is 2. The Balaban J connectivity index is 1.56. The topological polar surface area (TPSA) is 107 Å². The smallest absolute Gasteiger partial charge is 0.312 e. The molecule has 2 aromatic carbocycles. The molecule has 0 aliphatic carbocycles. The predicted molar refractivity (Wildman–Crippen MR) is 114 cm³/mol. The molecule has 3 aromatic rings. The van der Waals surface area contributed by atoms with Crippen molar-refractivity contribution in [1.29, 1.82) is 0 Å². The van der Waals surface area contributed by atoms with Crippen molar-refractivity contribution in [3.63, 3.8) is 0 Å². The van der Waals surface area contributed by atoms with E-state index in [2.05, 4.69) is 10.5 Å². The second kappa shape index (κ2) is 9.62. The van der Waals surface area contributed by atoms with Gasteiger partial charge in [0.1, 0.15) is 11.5 Å². The lowest BCUT2D eigenvalue weighted by Gasteiger charge is -2.05. The largest absolute Gasteiger partial charge is 0.477 e. The number of hydrogen-bond acceptors (Lipinski definition) is 6. The maximum absolute atomic E-state index is 11.8. The number of nitrogens with one attached hydrogen (secondary N) is 1. The van der Waals surface area contributed by atoms with Crippen LogP contribution in [-0.4, -0.2) is 23.7 Å². The number of ether oxygens (including phenoxy) is 1. The molecule has 0 atom stereocenters. The number of nitro groups is 1. The van der Waals surface area contributed by atoms with E-state index in [1.54, 1.807) is 30.3 Å². The summed E-state index contributed by atoms with van der Waals surface area (Å²) in [5.41, 5.74) is 2.62. The van der Waals surface area contributed by atoms with Crippen molar-refractivity contribution in [3.8, 4) is 17.1 Å². The van der Waals surface area contributed by atoms with Gasteiger partial charge in [-0.15, -0.1) is 0 Å². The summed E-state index contributed by atoms with van der Waals surface area (Å²) in [6.07, 6.45) is 1.30. The fraction of sp³-hybridized carbons (Fsp3) is 0.0526. The Morgan fingerprint density at radius 1 is 1.13 bits per heavy atom. The fourth-order valence-corrected chi connectivity index (χ4v) is 2.79. The average molecular weight is 469 g/mol. The van der Waals surface area contributed by atoms with Gasteiger partial charge in [-0.05, 0) is 42.5 Å². The second-order valence-electron chi connectivity index (χ2n) is 5.78. The molecule has 0 saturated heterocycles.